The fourth-order valence-corrected chi connectivity index (χ4v) is 2.02. The van der Waals surface area contributed by atoms with Gasteiger partial charge in [-0.05, 0) is 19.3 Å². The van der Waals surface area contributed by atoms with Gasteiger partial charge in [0.2, 0.25) is 10.0 Å². The van der Waals surface area contributed by atoms with Gasteiger partial charge in [-0.1, -0.05) is 13.3 Å². The van der Waals surface area contributed by atoms with Crippen molar-refractivity contribution in [2.24, 2.45) is 4.99 Å². The van der Waals surface area contributed by atoms with Gasteiger partial charge in [-0.3, -0.25) is 4.99 Å². The highest BCUT2D eigenvalue weighted by Gasteiger charge is 2.00. The Kier molecular flexibility index (Phi) is 17.3. The van der Waals surface area contributed by atoms with Crippen LogP contribution < -0.4 is 15.4 Å². The lowest BCUT2D eigenvalue weighted by Gasteiger charge is -2.12. The molecule has 0 saturated carbocycles. The van der Waals surface area contributed by atoms with Crippen molar-refractivity contribution in [3.05, 3.63) is 0 Å². The summed E-state index contributed by atoms with van der Waals surface area (Å²) in [6.45, 7) is 5.61. The van der Waals surface area contributed by atoms with Crippen molar-refractivity contribution < 1.29 is 13.2 Å². The quantitative estimate of drug-likeness (QED) is 0.178. The Morgan fingerprint density at radius 2 is 1.64 bits per heavy atom. The van der Waals surface area contributed by atoms with Gasteiger partial charge in [-0.2, -0.15) is 0 Å². The molecule has 0 aromatic carbocycles. The molecule has 0 aromatic heterocycles. The number of ether oxygens (including phenoxy) is 1. The number of unbranched alkanes of at least 4 members (excludes halogenated alkanes) is 1. The number of sulfonamides is 1. The van der Waals surface area contributed by atoms with Crippen LogP contribution in [0.1, 0.15) is 32.6 Å². The SMILES string of the molecule is CCCCOCCCNC(=NC)NCCCNS(C)(=O)=O.I. The summed E-state index contributed by atoms with van der Waals surface area (Å²) in [4.78, 5) is 4.10. The molecule has 0 radical (unpaired) electrons. The Balaban J connectivity index is 0. The molecule has 0 aliphatic rings. The minimum atomic E-state index is -3.10. The number of hydrogen-bond donors (Lipinski definition) is 3. The maximum absolute atomic E-state index is 10.9. The van der Waals surface area contributed by atoms with E-state index in [1.165, 1.54) is 0 Å². The summed E-state index contributed by atoms with van der Waals surface area (Å²) >= 11 is 0. The Hall–Kier alpha value is -0.130. The van der Waals surface area contributed by atoms with Crippen LogP contribution in [0.4, 0.5) is 0 Å². The normalized spacial score (nSPS) is 11.9. The lowest BCUT2D eigenvalue weighted by molar-refractivity contribution is 0.129. The Morgan fingerprint density at radius 3 is 2.18 bits per heavy atom. The zero-order valence-corrected chi connectivity index (χ0v) is 17.0. The van der Waals surface area contributed by atoms with Crippen LogP contribution in [0.3, 0.4) is 0 Å². The first-order chi connectivity index (χ1) is 9.99. The average molecular weight is 450 g/mol. The van der Waals surface area contributed by atoms with Crippen molar-refractivity contribution in [1.29, 1.82) is 0 Å². The third-order valence-corrected chi connectivity index (χ3v) is 3.36. The molecule has 0 unspecified atom stereocenters. The second-order valence-electron chi connectivity index (χ2n) is 4.77. The molecule has 22 heavy (non-hydrogen) atoms. The first-order valence-corrected chi connectivity index (χ1v) is 9.35. The molecule has 0 aromatic rings. The molecule has 7 nitrogen and oxygen atoms in total. The van der Waals surface area contributed by atoms with Crippen LogP contribution in [-0.4, -0.2) is 60.5 Å². The molecule has 0 rings (SSSR count). The maximum atomic E-state index is 10.9. The summed E-state index contributed by atoms with van der Waals surface area (Å²) < 4.78 is 29.7. The second-order valence-corrected chi connectivity index (χ2v) is 6.60. The highest BCUT2D eigenvalue weighted by molar-refractivity contribution is 14.0. The van der Waals surface area contributed by atoms with E-state index in [1.54, 1.807) is 7.05 Å². The molecule has 0 aliphatic carbocycles. The largest absolute Gasteiger partial charge is 0.381 e. The van der Waals surface area contributed by atoms with E-state index < -0.39 is 10.0 Å². The first kappa shape index (κ1) is 24.1. The van der Waals surface area contributed by atoms with Crippen molar-refractivity contribution in [1.82, 2.24) is 15.4 Å². The van der Waals surface area contributed by atoms with E-state index in [9.17, 15) is 8.42 Å². The van der Waals surface area contributed by atoms with Gasteiger partial charge in [-0.25, -0.2) is 13.1 Å². The highest BCUT2D eigenvalue weighted by atomic mass is 127. The fourth-order valence-electron chi connectivity index (χ4n) is 1.50. The van der Waals surface area contributed by atoms with E-state index in [0.717, 1.165) is 51.2 Å². The average Bonchev–Trinajstić information content (AvgIpc) is 2.42. The van der Waals surface area contributed by atoms with Crippen molar-refractivity contribution in [3.8, 4) is 0 Å². The zero-order valence-electron chi connectivity index (χ0n) is 13.9. The van der Waals surface area contributed by atoms with E-state index in [-0.39, 0.29) is 24.0 Å². The Labute approximate surface area is 152 Å². The fraction of sp³-hybridized carbons (Fsp3) is 0.923. The van der Waals surface area contributed by atoms with Gasteiger partial charge in [0.15, 0.2) is 5.96 Å². The highest BCUT2D eigenvalue weighted by Crippen LogP contribution is 1.89. The Bertz CT molecular complexity index is 377. The standard InChI is InChI=1S/C13H30N4O3S.HI/c1-4-5-11-20-12-7-9-16-13(14-2)15-8-6-10-17-21(3,18)19;/h17H,4-12H2,1-3H3,(H2,14,15,16);1H. The van der Waals surface area contributed by atoms with Gasteiger partial charge in [0, 0.05) is 39.9 Å². The number of guanidine groups is 1. The van der Waals surface area contributed by atoms with E-state index in [4.69, 9.17) is 4.74 Å². The molecule has 0 aliphatic heterocycles. The van der Waals surface area contributed by atoms with Gasteiger partial charge in [-0.15, -0.1) is 24.0 Å². The molecule has 0 bridgehead atoms. The third-order valence-electron chi connectivity index (χ3n) is 2.63. The van der Waals surface area contributed by atoms with Gasteiger partial charge >= 0.3 is 0 Å². The molecule has 134 valence electrons. The number of halogens is 1. The monoisotopic (exact) mass is 450 g/mol. The lowest BCUT2D eigenvalue weighted by Crippen LogP contribution is -2.39. The van der Waals surface area contributed by atoms with Crippen LogP contribution in [0.2, 0.25) is 0 Å². The number of rotatable bonds is 12. The van der Waals surface area contributed by atoms with E-state index in [1.807, 2.05) is 0 Å². The summed E-state index contributed by atoms with van der Waals surface area (Å²) in [6.07, 6.45) is 5.05. The third kappa shape index (κ3) is 17.9. The summed E-state index contributed by atoms with van der Waals surface area (Å²) in [5, 5.41) is 6.32. The van der Waals surface area contributed by atoms with Gasteiger partial charge in [0.1, 0.15) is 0 Å². The van der Waals surface area contributed by atoms with Crippen LogP contribution in [0, 0.1) is 0 Å². The van der Waals surface area contributed by atoms with Gasteiger partial charge in [0.05, 0.1) is 6.26 Å². The number of nitrogens with one attached hydrogen (secondary N) is 3. The number of aliphatic imine (C=N–C) groups is 1. The van der Waals surface area contributed by atoms with E-state index >= 15 is 0 Å². The second kappa shape index (κ2) is 15.8. The van der Waals surface area contributed by atoms with Gasteiger partial charge < -0.3 is 15.4 Å². The minimum absolute atomic E-state index is 0. The predicted octanol–water partition coefficient (Wildman–Crippen LogP) is 0.916. The summed E-state index contributed by atoms with van der Waals surface area (Å²) in [5.41, 5.74) is 0. The van der Waals surface area contributed by atoms with Crippen LogP contribution in [-0.2, 0) is 14.8 Å². The molecule has 9 heteroatoms. The Morgan fingerprint density at radius 1 is 1.05 bits per heavy atom. The minimum Gasteiger partial charge on any atom is -0.381 e. The van der Waals surface area contributed by atoms with Crippen LogP contribution in [0.5, 0.6) is 0 Å². The first-order valence-electron chi connectivity index (χ1n) is 7.46. The topological polar surface area (TPSA) is 91.8 Å². The van der Waals surface area contributed by atoms with Crippen molar-refractivity contribution in [2.75, 3.05) is 46.2 Å². The van der Waals surface area contributed by atoms with Crippen molar-refractivity contribution in [3.63, 3.8) is 0 Å². The summed E-state index contributed by atoms with van der Waals surface area (Å²) in [6, 6.07) is 0. The smallest absolute Gasteiger partial charge is 0.208 e. The lowest BCUT2D eigenvalue weighted by atomic mass is 10.4. The molecule has 0 heterocycles. The van der Waals surface area contributed by atoms with E-state index in [2.05, 4.69) is 27.3 Å². The molecule has 0 saturated heterocycles. The number of hydrogen-bond acceptors (Lipinski definition) is 4. The van der Waals surface area contributed by atoms with Crippen molar-refractivity contribution in [2.45, 2.75) is 32.6 Å². The molecular weight excluding hydrogens is 419 g/mol. The van der Waals surface area contributed by atoms with Crippen LogP contribution in [0.15, 0.2) is 4.99 Å². The molecule has 0 fully saturated rings. The van der Waals surface area contributed by atoms with Crippen LogP contribution >= 0.6 is 24.0 Å². The van der Waals surface area contributed by atoms with Crippen LogP contribution in [0.25, 0.3) is 0 Å². The molecule has 0 atom stereocenters. The zero-order chi connectivity index (χ0) is 16.0. The molecule has 0 amide bonds. The van der Waals surface area contributed by atoms with E-state index in [0.29, 0.717) is 19.5 Å². The maximum Gasteiger partial charge on any atom is 0.208 e. The summed E-state index contributed by atoms with van der Waals surface area (Å²) in [7, 11) is -1.39. The van der Waals surface area contributed by atoms with Crippen molar-refractivity contribution >= 4 is 40.0 Å². The molecular formula is C13H31IN4O3S. The number of nitrogens with zero attached hydrogens (tertiary/aromatic N) is 1. The summed E-state index contributed by atoms with van der Waals surface area (Å²) in [5.74, 6) is 0.725. The molecule has 0 spiro atoms. The predicted molar refractivity (Wildman–Crippen MR) is 103 cm³/mol. The van der Waals surface area contributed by atoms with Gasteiger partial charge in [0.25, 0.3) is 0 Å². The molecule has 3 N–H and O–H groups in total.